The highest BCUT2D eigenvalue weighted by atomic mass is 32.1. The molecule has 1 aromatic heterocycles. The van der Waals surface area contributed by atoms with Crippen molar-refractivity contribution in [2.45, 2.75) is 46.7 Å². The van der Waals surface area contributed by atoms with E-state index >= 15 is 0 Å². The van der Waals surface area contributed by atoms with Gasteiger partial charge >= 0.3 is 5.69 Å². The summed E-state index contributed by atoms with van der Waals surface area (Å²) in [4.78, 5) is 29.2. The zero-order valence-corrected chi connectivity index (χ0v) is 17.7. The van der Waals surface area contributed by atoms with E-state index in [9.17, 15) is 9.59 Å². The molecule has 0 fully saturated rings. The summed E-state index contributed by atoms with van der Waals surface area (Å²) in [5.74, 6) is 0.522. The van der Waals surface area contributed by atoms with Crippen LogP contribution in [0.2, 0.25) is 0 Å². The fraction of sp³-hybridized carbons (Fsp3) is 0.450. The largest absolute Gasteiger partial charge is 0.383 e. The van der Waals surface area contributed by atoms with Crippen LogP contribution < -0.4 is 27.2 Å². The zero-order valence-electron chi connectivity index (χ0n) is 16.9. The number of benzene rings is 1. The average molecular weight is 404 g/mol. The lowest BCUT2D eigenvalue weighted by atomic mass is 10.1. The number of H-pyrrole nitrogens is 1. The van der Waals surface area contributed by atoms with Crippen molar-refractivity contribution in [2.75, 3.05) is 17.2 Å². The Morgan fingerprint density at radius 2 is 1.86 bits per heavy atom. The molecule has 8 heteroatoms. The Morgan fingerprint density at radius 1 is 1.21 bits per heavy atom. The Balaban J connectivity index is 2.52. The molecule has 1 heterocycles. The number of rotatable bonds is 7. The lowest BCUT2D eigenvalue weighted by Crippen LogP contribution is -2.47. The SMILES string of the molecule is CC(C)CCN(C(=S)NC(C)C)c1c(N)n(Cc2ccccc2)c(=O)[nH]c1=O. The predicted octanol–water partition coefficient (Wildman–Crippen LogP) is 2.30. The number of hydrogen-bond acceptors (Lipinski definition) is 4. The van der Waals surface area contributed by atoms with Gasteiger partial charge in [0.1, 0.15) is 5.82 Å². The number of hydrogen-bond donors (Lipinski definition) is 3. The van der Waals surface area contributed by atoms with Crippen LogP contribution in [0.15, 0.2) is 39.9 Å². The van der Waals surface area contributed by atoms with E-state index in [0.717, 1.165) is 12.0 Å². The van der Waals surface area contributed by atoms with E-state index in [2.05, 4.69) is 24.1 Å². The molecule has 0 unspecified atom stereocenters. The van der Waals surface area contributed by atoms with Gasteiger partial charge in [-0.15, -0.1) is 0 Å². The molecule has 152 valence electrons. The average Bonchev–Trinajstić information content (AvgIpc) is 2.61. The summed E-state index contributed by atoms with van der Waals surface area (Å²) in [6, 6.07) is 9.58. The molecule has 0 saturated carbocycles. The standard InChI is InChI=1S/C20H29N5O2S/c1-13(2)10-11-24(20(28)22-14(3)4)16-17(21)25(19(27)23-18(16)26)12-15-8-6-5-7-9-15/h5-9,13-14H,10-12,21H2,1-4H3,(H,22,28)(H,23,26,27). The van der Waals surface area contributed by atoms with Crippen LogP contribution in [-0.4, -0.2) is 27.3 Å². The first-order valence-electron chi connectivity index (χ1n) is 9.45. The van der Waals surface area contributed by atoms with Gasteiger partial charge in [0.05, 0.1) is 6.54 Å². The third kappa shape index (κ3) is 5.45. The van der Waals surface area contributed by atoms with Gasteiger partial charge in [-0.1, -0.05) is 44.2 Å². The molecule has 4 N–H and O–H groups in total. The molecule has 0 spiro atoms. The number of nitrogens with two attached hydrogens (primary N) is 1. The summed E-state index contributed by atoms with van der Waals surface area (Å²) in [5.41, 5.74) is 6.36. The lowest BCUT2D eigenvalue weighted by Gasteiger charge is -2.28. The number of aromatic amines is 1. The van der Waals surface area contributed by atoms with Gasteiger partial charge in [-0.2, -0.15) is 0 Å². The second kappa shape index (κ2) is 9.54. The summed E-state index contributed by atoms with van der Waals surface area (Å²) in [6.45, 7) is 8.92. The fourth-order valence-corrected chi connectivity index (χ4v) is 3.21. The Hall–Kier alpha value is -2.61. The number of nitrogens with zero attached hydrogens (tertiary/aromatic N) is 2. The molecule has 0 saturated heterocycles. The van der Waals surface area contributed by atoms with Crippen molar-refractivity contribution in [1.82, 2.24) is 14.9 Å². The minimum Gasteiger partial charge on any atom is -0.383 e. The summed E-state index contributed by atoms with van der Waals surface area (Å²) >= 11 is 5.53. The van der Waals surface area contributed by atoms with E-state index in [0.29, 0.717) is 17.6 Å². The van der Waals surface area contributed by atoms with Gasteiger partial charge in [0.25, 0.3) is 5.56 Å². The summed E-state index contributed by atoms with van der Waals surface area (Å²) in [6.07, 6.45) is 0.816. The number of aromatic nitrogens is 2. The first kappa shape index (κ1) is 21.7. The van der Waals surface area contributed by atoms with E-state index in [4.69, 9.17) is 18.0 Å². The second-order valence-corrected chi connectivity index (χ2v) is 7.89. The monoisotopic (exact) mass is 403 g/mol. The van der Waals surface area contributed by atoms with Crippen molar-refractivity contribution in [3.05, 3.63) is 56.7 Å². The Morgan fingerprint density at radius 3 is 2.43 bits per heavy atom. The minimum absolute atomic E-state index is 0.101. The van der Waals surface area contributed by atoms with E-state index in [-0.39, 0.29) is 24.1 Å². The van der Waals surface area contributed by atoms with Crippen LogP contribution in [0.4, 0.5) is 11.5 Å². The van der Waals surface area contributed by atoms with Gasteiger partial charge < -0.3 is 16.0 Å². The Kier molecular flexibility index (Phi) is 7.39. The van der Waals surface area contributed by atoms with E-state index < -0.39 is 11.2 Å². The van der Waals surface area contributed by atoms with E-state index in [1.807, 2.05) is 44.2 Å². The molecule has 28 heavy (non-hydrogen) atoms. The van der Waals surface area contributed by atoms with Gasteiger partial charge in [-0.3, -0.25) is 14.3 Å². The molecule has 0 amide bonds. The van der Waals surface area contributed by atoms with Crippen LogP contribution in [0, 0.1) is 5.92 Å². The number of anilines is 2. The van der Waals surface area contributed by atoms with Gasteiger partial charge in [0, 0.05) is 12.6 Å². The number of nitrogen functional groups attached to an aromatic ring is 1. The molecule has 1 aromatic carbocycles. The third-order valence-electron chi connectivity index (χ3n) is 4.25. The van der Waals surface area contributed by atoms with Gasteiger partial charge in [-0.05, 0) is 44.0 Å². The van der Waals surface area contributed by atoms with Gasteiger partial charge in [0.15, 0.2) is 10.8 Å². The summed E-state index contributed by atoms with van der Waals surface area (Å²) in [5, 5.41) is 3.58. The maximum Gasteiger partial charge on any atom is 0.330 e. The molecular formula is C20H29N5O2S. The number of nitrogens with one attached hydrogen (secondary N) is 2. The maximum absolute atomic E-state index is 12.7. The molecule has 2 rings (SSSR count). The maximum atomic E-state index is 12.7. The van der Waals surface area contributed by atoms with Gasteiger partial charge in [0.2, 0.25) is 0 Å². The Bertz CT molecular complexity index is 918. The smallest absolute Gasteiger partial charge is 0.330 e. The van der Waals surface area contributed by atoms with Crippen LogP contribution in [0.3, 0.4) is 0 Å². The van der Waals surface area contributed by atoms with Crippen molar-refractivity contribution in [3.63, 3.8) is 0 Å². The van der Waals surface area contributed by atoms with Crippen molar-refractivity contribution < 1.29 is 0 Å². The van der Waals surface area contributed by atoms with Crippen molar-refractivity contribution >= 4 is 28.8 Å². The number of thiocarbonyl (C=S) groups is 1. The molecule has 0 aliphatic carbocycles. The highest BCUT2D eigenvalue weighted by molar-refractivity contribution is 7.80. The van der Waals surface area contributed by atoms with Crippen LogP contribution in [0.1, 0.15) is 39.7 Å². The molecule has 7 nitrogen and oxygen atoms in total. The molecule has 0 aliphatic rings. The summed E-state index contributed by atoms with van der Waals surface area (Å²) in [7, 11) is 0. The normalized spacial score (nSPS) is 11.1. The molecule has 0 aliphatic heterocycles. The summed E-state index contributed by atoms with van der Waals surface area (Å²) < 4.78 is 1.37. The zero-order chi connectivity index (χ0) is 20.8. The molecule has 0 radical (unpaired) electrons. The van der Waals surface area contributed by atoms with E-state index in [1.165, 1.54) is 4.57 Å². The molecule has 2 aromatic rings. The quantitative estimate of drug-likeness (QED) is 0.614. The Labute approximate surface area is 170 Å². The van der Waals surface area contributed by atoms with Crippen molar-refractivity contribution in [2.24, 2.45) is 5.92 Å². The topological polar surface area (TPSA) is 96.2 Å². The molecule has 0 atom stereocenters. The van der Waals surface area contributed by atoms with Crippen LogP contribution in [0.5, 0.6) is 0 Å². The third-order valence-corrected chi connectivity index (χ3v) is 4.59. The first-order valence-corrected chi connectivity index (χ1v) is 9.86. The fourth-order valence-electron chi connectivity index (χ4n) is 2.79. The van der Waals surface area contributed by atoms with Crippen LogP contribution in [-0.2, 0) is 6.54 Å². The van der Waals surface area contributed by atoms with Crippen LogP contribution in [0.25, 0.3) is 0 Å². The van der Waals surface area contributed by atoms with Crippen molar-refractivity contribution in [3.8, 4) is 0 Å². The highest BCUT2D eigenvalue weighted by Crippen LogP contribution is 2.19. The lowest BCUT2D eigenvalue weighted by molar-refractivity contribution is 0.589. The van der Waals surface area contributed by atoms with Gasteiger partial charge in [-0.25, -0.2) is 4.79 Å². The predicted molar refractivity (Wildman–Crippen MR) is 119 cm³/mol. The van der Waals surface area contributed by atoms with Crippen molar-refractivity contribution in [1.29, 1.82) is 0 Å². The van der Waals surface area contributed by atoms with E-state index in [1.54, 1.807) is 4.90 Å². The van der Waals surface area contributed by atoms with Crippen LogP contribution >= 0.6 is 12.2 Å². The first-order chi connectivity index (χ1) is 13.2. The molecular weight excluding hydrogens is 374 g/mol. The highest BCUT2D eigenvalue weighted by Gasteiger charge is 2.22. The molecule has 0 bridgehead atoms. The minimum atomic E-state index is -0.540. The second-order valence-electron chi connectivity index (χ2n) is 7.50.